The number of thiophene rings is 1. The molecule has 0 aliphatic rings. The highest BCUT2D eigenvalue weighted by atomic mass is 32.2. The molecule has 10 heteroatoms. The first-order chi connectivity index (χ1) is 12.5. The van der Waals surface area contributed by atoms with Crippen LogP contribution in [0.2, 0.25) is 0 Å². The Bertz CT molecular complexity index is 1030. The molecule has 138 valence electrons. The summed E-state index contributed by atoms with van der Waals surface area (Å²) < 4.78 is 33.1. The van der Waals surface area contributed by atoms with Crippen LogP contribution < -0.4 is 5.56 Å². The minimum atomic E-state index is -3.65. The van der Waals surface area contributed by atoms with Crippen molar-refractivity contribution < 1.29 is 12.9 Å². The molecule has 0 aliphatic heterocycles. The first-order valence-electron chi connectivity index (χ1n) is 8.01. The van der Waals surface area contributed by atoms with Crippen LogP contribution >= 0.6 is 11.3 Å². The van der Waals surface area contributed by atoms with E-state index in [-0.39, 0.29) is 17.0 Å². The van der Waals surface area contributed by atoms with E-state index in [1.54, 1.807) is 13.8 Å². The first-order valence-corrected chi connectivity index (χ1v) is 10.4. The second-order valence-electron chi connectivity index (χ2n) is 5.45. The summed E-state index contributed by atoms with van der Waals surface area (Å²) in [4.78, 5) is 16.4. The Morgan fingerprint density at radius 1 is 1.23 bits per heavy atom. The SMILES string of the molecule is CCN(CC)S(=O)(=O)c1ccc(=O)n(Cc2noc(-c3ccsc3)n2)c1. The lowest BCUT2D eigenvalue weighted by molar-refractivity contribution is 0.420. The third-order valence-corrected chi connectivity index (χ3v) is 6.56. The lowest BCUT2D eigenvalue weighted by atomic mass is 10.3. The maximum atomic E-state index is 12.6. The topological polar surface area (TPSA) is 98.3 Å². The van der Waals surface area contributed by atoms with Crippen LogP contribution in [0, 0.1) is 0 Å². The quantitative estimate of drug-likeness (QED) is 0.608. The average molecular weight is 394 g/mol. The molecule has 0 bridgehead atoms. The van der Waals surface area contributed by atoms with Gasteiger partial charge in [-0.1, -0.05) is 19.0 Å². The van der Waals surface area contributed by atoms with Crippen molar-refractivity contribution in [3.05, 3.63) is 51.3 Å². The summed E-state index contributed by atoms with van der Waals surface area (Å²) in [7, 11) is -3.65. The Kier molecular flexibility index (Phi) is 5.35. The van der Waals surface area contributed by atoms with Gasteiger partial charge in [-0.25, -0.2) is 8.42 Å². The molecule has 0 saturated heterocycles. The Labute approximate surface area is 154 Å². The molecule has 3 aromatic heterocycles. The zero-order valence-corrected chi connectivity index (χ0v) is 16.0. The number of aromatic nitrogens is 3. The van der Waals surface area contributed by atoms with Gasteiger partial charge in [0.15, 0.2) is 5.82 Å². The Hall–Kier alpha value is -2.30. The van der Waals surface area contributed by atoms with E-state index >= 15 is 0 Å². The lowest BCUT2D eigenvalue weighted by Crippen LogP contribution is -2.32. The monoisotopic (exact) mass is 394 g/mol. The van der Waals surface area contributed by atoms with E-state index in [1.807, 2.05) is 16.8 Å². The fraction of sp³-hybridized carbons (Fsp3) is 0.312. The molecular formula is C16H18N4O4S2. The van der Waals surface area contributed by atoms with Gasteiger partial charge in [-0.15, -0.1) is 0 Å². The van der Waals surface area contributed by atoms with Crippen LogP contribution in [-0.2, 0) is 16.6 Å². The van der Waals surface area contributed by atoms with Crippen LogP contribution in [0.25, 0.3) is 11.5 Å². The maximum Gasteiger partial charge on any atom is 0.258 e. The highest BCUT2D eigenvalue weighted by Gasteiger charge is 2.22. The smallest absolute Gasteiger partial charge is 0.258 e. The third kappa shape index (κ3) is 3.62. The first kappa shape index (κ1) is 18.5. The van der Waals surface area contributed by atoms with E-state index in [0.717, 1.165) is 5.56 Å². The van der Waals surface area contributed by atoms with Gasteiger partial charge in [0, 0.05) is 30.7 Å². The van der Waals surface area contributed by atoms with Gasteiger partial charge in [-0.2, -0.15) is 20.6 Å². The number of rotatable bonds is 7. The van der Waals surface area contributed by atoms with Crippen LogP contribution in [0.15, 0.2) is 49.4 Å². The normalized spacial score (nSPS) is 12.0. The Balaban J connectivity index is 1.91. The van der Waals surface area contributed by atoms with Crippen molar-refractivity contribution in [3.8, 4) is 11.5 Å². The second-order valence-corrected chi connectivity index (χ2v) is 8.17. The minimum absolute atomic E-state index is 0.0219. The van der Waals surface area contributed by atoms with Crippen molar-refractivity contribution in [3.63, 3.8) is 0 Å². The molecule has 0 atom stereocenters. The molecule has 3 aromatic rings. The Morgan fingerprint density at radius 2 is 2.00 bits per heavy atom. The van der Waals surface area contributed by atoms with Crippen LogP contribution in [0.4, 0.5) is 0 Å². The fourth-order valence-electron chi connectivity index (χ4n) is 2.47. The minimum Gasteiger partial charge on any atom is -0.334 e. The summed E-state index contributed by atoms with van der Waals surface area (Å²) in [5.74, 6) is 0.659. The van der Waals surface area contributed by atoms with Crippen LogP contribution in [0.5, 0.6) is 0 Å². The summed E-state index contributed by atoms with van der Waals surface area (Å²) in [5, 5.41) is 7.64. The van der Waals surface area contributed by atoms with Gasteiger partial charge in [-0.05, 0) is 17.5 Å². The van der Waals surface area contributed by atoms with Crippen molar-refractivity contribution in [1.82, 2.24) is 19.0 Å². The third-order valence-electron chi connectivity index (χ3n) is 3.85. The number of hydrogen-bond acceptors (Lipinski definition) is 7. The van der Waals surface area contributed by atoms with Crippen molar-refractivity contribution in [1.29, 1.82) is 0 Å². The van der Waals surface area contributed by atoms with Gasteiger partial charge in [-0.3, -0.25) is 4.79 Å². The van der Waals surface area contributed by atoms with Crippen molar-refractivity contribution in [2.45, 2.75) is 25.3 Å². The molecule has 3 heterocycles. The van der Waals surface area contributed by atoms with Gasteiger partial charge >= 0.3 is 0 Å². The summed E-state index contributed by atoms with van der Waals surface area (Å²) in [5.41, 5.74) is 0.462. The van der Waals surface area contributed by atoms with E-state index in [4.69, 9.17) is 4.52 Å². The van der Waals surface area contributed by atoms with E-state index in [0.29, 0.717) is 24.8 Å². The van der Waals surface area contributed by atoms with E-state index in [1.165, 1.54) is 38.5 Å². The predicted molar refractivity (Wildman–Crippen MR) is 97.5 cm³/mol. The molecule has 0 saturated carbocycles. The predicted octanol–water partition coefficient (Wildman–Crippen LogP) is 2.04. The zero-order valence-electron chi connectivity index (χ0n) is 14.3. The van der Waals surface area contributed by atoms with Gasteiger partial charge in [0.25, 0.3) is 11.4 Å². The number of sulfonamides is 1. The number of pyridine rings is 1. The summed E-state index contributed by atoms with van der Waals surface area (Å²) in [6, 6.07) is 4.40. The molecule has 0 unspecified atom stereocenters. The number of nitrogens with zero attached hydrogens (tertiary/aromatic N) is 4. The van der Waals surface area contributed by atoms with Gasteiger partial charge < -0.3 is 9.09 Å². The van der Waals surface area contributed by atoms with Gasteiger partial charge in [0.1, 0.15) is 0 Å². The van der Waals surface area contributed by atoms with Crippen molar-refractivity contribution in [2.75, 3.05) is 13.1 Å². The van der Waals surface area contributed by atoms with E-state index < -0.39 is 10.0 Å². The molecule has 0 fully saturated rings. The molecule has 0 N–H and O–H groups in total. The fourth-order valence-corrected chi connectivity index (χ4v) is 4.58. The molecule has 0 radical (unpaired) electrons. The standard InChI is InChI=1S/C16H18N4O4S2/c1-3-20(4-2)26(22,23)13-5-6-15(21)19(9-13)10-14-17-16(24-18-14)12-7-8-25-11-12/h5-9,11H,3-4,10H2,1-2H3. The van der Waals surface area contributed by atoms with Crippen molar-refractivity contribution >= 4 is 21.4 Å². The maximum absolute atomic E-state index is 12.6. The molecule has 0 aliphatic carbocycles. The van der Waals surface area contributed by atoms with Crippen LogP contribution in [-0.4, -0.2) is 40.5 Å². The number of hydrogen-bond donors (Lipinski definition) is 0. The average Bonchev–Trinajstić information content (AvgIpc) is 3.29. The van der Waals surface area contributed by atoms with Gasteiger partial charge in [0.05, 0.1) is 17.0 Å². The molecule has 3 rings (SSSR count). The van der Waals surface area contributed by atoms with Crippen LogP contribution in [0.1, 0.15) is 19.7 Å². The van der Waals surface area contributed by atoms with E-state index in [9.17, 15) is 13.2 Å². The zero-order chi connectivity index (χ0) is 18.7. The van der Waals surface area contributed by atoms with Crippen molar-refractivity contribution in [2.24, 2.45) is 0 Å². The van der Waals surface area contributed by atoms with Crippen LogP contribution in [0.3, 0.4) is 0 Å². The molecule has 8 nitrogen and oxygen atoms in total. The summed E-state index contributed by atoms with van der Waals surface area (Å²) >= 11 is 1.51. The van der Waals surface area contributed by atoms with E-state index in [2.05, 4.69) is 10.1 Å². The molecule has 0 aromatic carbocycles. The van der Waals surface area contributed by atoms with Gasteiger partial charge in [0.2, 0.25) is 10.0 Å². The molecular weight excluding hydrogens is 376 g/mol. The summed E-state index contributed by atoms with van der Waals surface area (Å²) in [6.45, 7) is 4.26. The second kappa shape index (κ2) is 7.52. The Morgan fingerprint density at radius 3 is 2.65 bits per heavy atom. The highest BCUT2D eigenvalue weighted by Crippen LogP contribution is 2.20. The molecule has 0 amide bonds. The highest BCUT2D eigenvalue weighted by molar-refractivity contribution is 7.89. The lowest BCUT2D eigenvalue weighted by Gasteiger charge is -2.18. The molecule has 0 spiro atoms. The largest absolute Gasteiger partial charge is 0.334 e. The molecule has 26 heavy (non-hydrogen) atoms. The summed E-state index contributed by atoms with van der Waals surface area (Å²) in [6.07, 6.45) is 1.32.